The number of amides is 1. The molecule has 3 rings (SSSR count). The van der Waals surface area contributed by atoms with Crippen molar-refractivity contribution in [2.45, 2.75) is 45.9 Å². The molecule has 1 aliphatic heterocycles. The third-order valence-corrected chi connectivity index (χ3v) is 9.14. The van der Waals surface area contributed by atoms with Gasteiger partial charge in [-0.25, -0.2) is 8.78 Å². The predicted molar refractivity (Wildman–Crippen MR) is 148 cm³/mol. The normalized spacial score (nSPS) is 19.9. The van der Waals surface area contributed by atoms with Crippen LogP contribution in [-0.4, -0.2) is 69.2 Å². The number of halogens is 2. The number of rotatable bonds is 14. The number of aromatic nitrogens is 1. The van der Waals surface area contributed by atoms with Gasteiger partial charge in [-0.05, 0) is 32.8 Å². The molecule has 0 spiro atoms. The van der Waals surface area contributed by atoms with E-state index in [1.165, 1.54) is 31.0 Å². The van der Waals surface area contributed by atoms with Crippen molar-refractivity contribution in [3.05, 3.63) is 63.1 Å². The number of ether oxygens (including phenoxy) is 3. The lowest BCUT2D eigenvalue weighted by Gasteiger charge is -2.41. The summed E-state index contributed by atoms with van der Waals surface area (Å²) >= 11 is 0. The molecule has 1 aromatic heterocycles. The fourth-order valence-electron chi connectivity index (χ4n) is 4.84. The average molecular weight is 599 g/mol. The number of benzene rings is 1. The largest absolute Gasteiger partial charge is 0.491 e. The third kappa shape index (κ3) is 7.48. The van der Waals surface area contributed by atoms with Crippen molar-refractivity contribution >= 4 is 19.1 Å². The zero-order chi connectivity index (χ0) is 30.4. The zero-order valence-electron chi connectivity index (χ0n) is 24.0. The van der Waals surface area contributed by atoms with Crippen LogP contribution in [-0.2, 0) is 31.7 Å². The average Bonchev–Trinajstić information content (AvgIpc) is 2.92. The minimum absolute atomic E-state index is 0.00601. The van der Waals surface area contributed by atoms with E-state index in [0.717, 1.165) is 6.07 Å². The van der Waals surface area contributed by atoms with Crippen molar-refractivity contribution in [3.8, 4) is 5.75 Å². The molecule has 13 heteroatoms. The van der Waals surface area contributed by atoms with Gasteiger partial charge in [0.05, 0.1) is 31.8 Å². The highest BCUT2D eigenvalue weighted by Crippen LogP contribution is 2.43. The summed E-state index contributed by atoms with van der Waals surface area (Å²) in [5.41, 5.74) is -2.17. The number of hydrogen-bond donors (Lipinski definition) is 1. The van der Waals surface area contributed by atoms with Crippen LogP contribution in [0.2, 0.25) is 0 Å². The second kappa shape index (κ2) is 13.8. The number of carbonyl (C=O) groups is 2. The van der Waals surface area contributed by atoms with Crippen molar-refractivity contribution in [2.24, 2.45) is 5.41 Å². The van der Waals surface area contributed by atoms with Gasteiger partial charge in [0.2, 0.25) is 5.43 Å². The van der Waals surface area contributed by atoms with E-state index < -0.39 is 47.6 Å². The Morgan fingerprint density at radius 1 is 1.22 bits per heavy atom. The van der Waals surface area contributed by atoms with Gasteiger partial charge in [-0.3, -0.25) is 18.9 Å². The number of ketones is 1. The van der Waals surface area contributed by atoms with Gasteiger partial charge in [-0.2, -0.15) is 0 Å². The van der Waals surface area contributed by atoms with E-state index in [0.29, 0.717) is 31.7 Å². The fraction of sp³-hybridized carbons (Fsp3) is 0.536. The summed E-state index contributed by atoms with van der Waals surface area (Å²) in [5.74, 6) is -3.12. The van der Waals surface area contributed by atoms with E-state index in [-0.39, 0.29) is 48.9 Å². The van der Waals surface area contributed by atoms with Crippen LogP contribution in [0.5, 0.6) is 5.75 Å². The maximum Gasteiger partial charge on any atom is 0.257 e. The van der Waals surface area contributed by atoms with Crippen molar-refractivity contribution in [1.29, 1.82) is 0 Å². The molecule has 0 aliphatic carbocycles. The maximum atomic E-state index is 14.0. The minimum Gasteiger partial charge on any atom is -0.491 e. The Hall–Kier alpha value is -2.92. The first-order chi connectivity index (χ1) is 19.4. The molecule has 226 valence electrons. The van der Waals surface area contributed by atoms with Crippen molar-refractivity contribution in [1.82, 2.24) is 9.88 Å². The summed E-state index contributed by atoms with van der Waals surface area (Å²) in [7, 11) is -0.00819. The summed E-state index contributed by atoms with van der Waals surface area (Å²) in [6.07, 6.45) is 1.63. The number of nitrogens with zero attached hydrogens (tertiary/aromatic N) is 1. The smallest absolute Gasteiger partial charge is 0.257 e. The molecule has 1 amide bonds. The molecule has 3 atom stereocenters. The van der Waals surface area contributed by atoms with Gasteiger partial charge >= 0.3 is 0 Å². The monoisotopic (exact) mass is 598 g/mol. The molecular formula is C28H37F2N2O8P. The van der Waals surface area contributed by atoms with E-state index in [4.69, 9.17) is 18.7 Å². The Morgan fingerprint density at radius 2 is 1.95 bits per heavy atom. The van der Waals surface area contributed by atoms with Crippen molar-refractivity contribution in [3.63, 3.8) is 0 Å². The number of pyridine rings is 1. The number of Topliss-reactive ketones (excluding diaryl/α,β-unsaturated/α-hetero) is 1. The summed E-state index contributed by atoms with van der Waals surface area (Å²) in [4.78, 5) is 40.2. The molecule has 1 aliphatic rings. The lowest BCUT2D eigenvalue weighted by Crippen LogP contribution is -2.51. The van der Waals surface area contributed by atoms with Crippen LogP contribution in [0, 0.1) is 17.0 Å². The van der Waals surface area contributed by atoms with Crippen molar-refractivity contribution < 1.29 is 41.7 Å². The number of methoxy groups -OCH3 is 2. The quantitative estimate of drug-likeness (QED) is 0.256. The molecule has 1 N–H and O–H groups in total. The molecule has 0 saturated heterocycles. The van der Waals surface area contributed by atoms with Crippen LogP contribution in [0.15, 0.2) is 29.2 Å². The van der Waals surface area contributed by atoms with Crippen LogP contribution in [0.4, 0.5) is 8.78 Å². The summed E-state index contributed by atoms with van der Waals surface area (Å²) < 4.78 is 63.2. The van der Waals surface area contributed by atoms with Crippen LogP contribution in [0.25, 0.3) is 0 Å². The molecule has 0 bridgehead atoms. The Kier molecular flexibility index (Phi) is 11.0. The van der Waals surface area contributed by atoms with Gasteiger partial charge in [-0.1, -0.05) is 6.07 Å². The van der Waals surface area contributed by atoms with Crippen LogP contribution >= 0.6 is 7.37 Å². The second-order valence-electron chi connectivity index (χ2n) is 10.2. The molecule has 0 fully saturated rings. The zero-order valence-corrected chi connectivity index (χ0v) is 24.9. The summed E-state index contributed by atoms with van der Waals surface area (Å²) in [6, 6.07) is 2.95. The first-order valence-corrected chi connectivity index (χ1v) is 15.5. The highest BCUT2D eigenvalue weighted by Gasteiger charge is 2.48. The summed E-state index contributed by atoms with van der Waals surface area (Å²) in [6.45, 7) is 5.68. The van der Waals surface area contributed by atoms with Gasteiger partial charge in [0.15, 0.2) is 18.9 Å². The molecule has 41 heavy (non-hydrogen) atoms. The molecule has 1 aromatic carbocycles. The van der Waals surface area contributed by atoms with Crippen LogP contribution in [0.1, 0.15) is 53.1 Å². The second-order valence-corrected chi connectivity index (χ2v) is 12.9. The number of hydrogen-bond acceptors (Lipinski definition) is 8. The van der Waals surface area contributed by atoms with E-state index in [1.54, 1.807) is 20.5 Å². The molecule has 3 unspecified atom stereocenters. The number of carbonyl (C=O) groups excluding carboxylic acids is 2. The first kappa shape index (κ1) is 32.6. The Labute approximate surface area is 237 Å². The lowest BCUT2D eigenvalue weighted by atomic mass is 9.73. The minimum atomic E-state index is -2.76. The highest BCUT2D eigenvalue weighted by atomic mass is 31.2. The van der Waals surface area contributed by atoms with E-state index in [9.17, 15) is 27.7 Å². The molecule has 2 heterocycles. The Morgan fingerprint density at radius 3 is 2.59 bits per heavy atom. The highest BCUT2D eigenvalue weighted by molar-refractivity contribution is 7.58. The topological polar surface area (TPSA) is 122 Å². The van der Waals surface area contributed by atoms with Gasteiger partial charge in [-0.15, -0.1) is 0 Å². The van der Waals surface area contributed by atoms with Crippen molar-refractivity contribution in [2.75, 3.05) is 46.9 Å². The third-order valence-electron chi connectivity index (χ3n) is 7.20. The first-order valence-electron chi connectivity index (χ1n) is 13.3. The fourth-order valence-corrected chi connectivity index (χ4v) is 6.22. The molecule has 0 saturated carbocycles. The number of fused-ring (bicyclic) bond motifs is 1. The van der Waals surface area contributed by atoms with Gasteiger partial charge < -0.3 is 28.6 Å². The SMILES string of the molecule is CCOP(C)(=O)CCCOC1Cn2cc(C(=O)NCc3ccc(F)cc3F)c(=O)c(OC)c2C(=O)C1(C)CCOC. The van der Waals surface area contributed by atoms with Crippen LogP contribution < -0.4 is 15.5 Å². The molecular weight excluding hydrogens is 561 g/mol. The molecule has 0 radical (unpaired) electrons. The van der Waals surface area contributed by atoms with E-state index in [1.807, 2.05) is 0 Å². The van der Waals surface area contributed by atoms with Gasteiger partial charge in [0.1, 0.15) is 22.9 Å². The number of nitrogens with one attached hydrogen (secondary N) is 1. The standard InChI is InChI=1S/C28H37F2N2O8P/c1-6-40-41(5,36)13-7-11-39-22-17-32-16-20(27(35)31-15-18-8-9-19(29)14-21(18)30)24(33)25(38-4)23(32)26(34)28(22,2)10-12-37-3/h8-9,14,16,22H,6-7,10-13,15,17H2,1-5H3,(H,31,35). The Bertz CT molecular complexity index is 1380. The predicted octanol–water partition coefficient (Wildman–Crippen LogP) is 4.02. The van der Waals surface area contributed by atoms with E-state index >= 15 is 0 Å². The summed E-state index contributed by atoms with van der Waals surface area (Å²) in [5, 5.41) is 2.47. The van der Waals surface area contributed by atoms with Gasteiger partial charge in [0, 0.05) is 57.5 Å². The maximum absolute atomic E-state index is 14.0. The lowest BCUT2D eigenvalue weighted by molar-refractivity contribution is -0.0485. The molecule has 10 nitrogen and oxygen atoms in total. The van der Waals surface area contributed by atoms with Crippen LogP contribution in [0.3, 0.4) is 0 Å². The van der Waals surface area contributed by atoms with Gasteiger partial charge in [0.25, 0.3) is 5.91 Å². The Balaban J connectivity index is 1.91. The van der Waals surface area contributed by atoms with E-state index in [2.05, 4.69) is 5.32 Å². The molecule has 2 aromatic rings.